The molecule has 3 rings (SSSR count). The van der Waals surface area contributed by atoms with Crippen LogP contribution in [0.25, 0.3) is 0 Å². The fourth-order valence-electron chi connectivity index (χ4n) is 3.68. The fraction of sp³-hybridized carbons (Fsp3) is 0.667. The normalized spacial score (nSPS) is 18.0. The first-order valence-electron chi connectivity index (χ1n) is 10.8. The summed E-state index contributed by atoms with van der Waals surface area (Å²) < 4.78 is 5.39. The number of nitrogens with one attached hydrogen (secondary N) is 1. The molecule has 0 saturated carbocycles. The molecule has 30 heavy (non-hydrogen) atoms. The molecule has 2 fully saturated rings. The number of hydrogen-bond acceptors (Lipinski definition) is 5. The Morgan fingerprint density at radius 1 is 1.10 bits per heavy atom. The van der Waals surface area contributed by atoms with E-state index in [1.54, 1.807) is 25.3 Å². The zero-order chi connectivity index (χ0) is 21.3. The van der Waals surface area contributed by atoms with Crippen molar-refractivity contribution in [2.45, 2.75) is 19.3 Å². The quantitative estimate of drug-likeness (QED) is 0.499. The molecule has 9 heteroatoms. The summed E-state index contributed by atoms with van der Waals surface area (Å²) in [6, 6.07) is 3.83. The van der Waals surface area contributed by atoms with Crippen molar-refractivity contribution in [1.29, 1.82) is 0 Å². The standard InChI is InChI=1S/C21H34N6O3/c1-24(2)19(28)16-23-21(22-8-7-18-6-5-15-30-18)27-13-11-25(12-14-27)17-20(29)26-9-3-4-10-26/h5-6,15H,3-4,7-14,16-17H2,1-2H3,(H,22,23). The highest BCUT2D eigenvalue weighted by Gasteiger charge is 2.24. The van der Waals surface area contributed by atoms with Crippen LogP contribution in [-0.2, 0) is 16.0 Å². The lowest BCUT2D eigenvalue weighted by molar-refractivity contribution is -0.131. The summed E-state index contributed by atoms with van der Waals surface area (Å²) in [5.41, 5.74) is 0. The molecule has 2 aliphatic heterocycles. The lowest BCUT2D eigenvalue weighted by Crippen LogP contribution is -2.54. The lowest BCUT2D eigenvalue weighted by Gasteiger charge is -2.36. The van der Waals surface area contributed by atoms with E-state index in [1.807, 2.05) is 17.0 Å². The van der Waals surface area contributed by atoms with E-state index >= 15 is 0 Å². The summed E-state index contributed by atoms with van der Waals surface area (Å²) in [5, 5.41) is 3.37. The average molecular weight is 419 g/mol. The highest BCUT2D eigenvalue weighted by molar-refractivity contribution is 5.85. The van der Waals surface area contributed by atoms with Gasteiger partial charge in [-0.15, -0.1) is 0 Å². The van der Waals surface area contributed by atoms with Gasteiger partial charge in [0.1, 0.15) is 12.3 Å². The number of likely N-dealkylation sites (tertiary alicyclic amines) is 1. The largest absolute Gasteiger partial charge is 0.469 e. The van der Waals surface area contributed by atoms with E-state index in [1.165, 1.54) is 0 Å². The Morgan fingerprint density at radius 3 is 2.47 bits per heavy atom. The van der Waals surface area contributed by atoms with Crippen LogP contribution in [0.3, 0.4) is 0 Å². The van der Waals surface area contributed by atoms with Gasteiger partial charge in [-0.3, -0.25) is 14.5 Å². The molecular weight excluding hydrogens is 384 g/mol. The summed E-state index contributed by atoms with van der Waals surface area (Å²) in [5.74, 6) is 1.86. The average Bonchev–Trinajstić information content (AvgIpc) is 3.45. The molecule has 1 N–H and O–H groups in total. The molecule has 0 aliphatic carbocycles. The Balaban J connectivity index is 1.51. The number of furan rings is 1. The fourth-order valence-corrected chi connectivity index (χ4v) is 3.68. The number of amides is 2. The monoisotopic (exact) mass is 418 g/mol. The minimum absolute atomic E-state index is 0.0322. The van der Waals surface area contributed by atoms with Crippen molar-refractivity contribution in [3.63, 3.8) is 0 Å². The van der Waals surface area contributed by atoms with Crippen LogP contribution in [-0.4, -0.2) is 110 Å². The van der Waals surface area contributed by atoms with Gasteiger partial charge < -0.3 is 24.4 Å². The Kier molecular flexibility index (Phi) is 8.12. The first-order chi connectivity index (χ1) is 14.5. The van der Waals surface area contributed by atoms with E-state index in [9.17, 15) is 9.59 Å². The van der Waals surface area contributed by atoms with Crippen molar-refractivity contribution < 1.29 is 14.0 Å². The third-order valence-electron chi connectivity index (χ3n) is 5.59. The molecule has 0 radical (unpaired) electrons. The molecule has 9 nitrogen and oxygen atoms in total. The van der Waals surface area contributed by atoms with E-state index in [0.29, 0.717) is 13.1 Å². The predicted molar refractivity (Wildman–Crippen MR) is 115 cm³/mol. The van der Waals surface area contributed by atoms with Crippen LogP contribution in [0.5, 0.6) is 0 Å². The second-order valence-electron chi connectivity index (χ2n) is 8.04. The van der Waals surface area contributed by atoms with Crippen LogP contribution in [0.15, 0.2) is 27.8 Å². The Hall–Kier alpha value is -2.55. The van der Waals surface area contributed by atoms with Gasteiger partial charge in [0.2, 0.25) is 11.8 Å². The van der Waals surface area contributed by atoms with Gasteiger partial charge in [0.25, 0.3) is 0 Å². The van der Waals surface area contributed by atoms with Crippen LogP contribution < -0.4 is 5.32 Å². The number of aliphatic imine (C=N–C) groups is 1. The smallest absolute Gasteiger partial charge is 0.243 e. The summed E-state index contributed by atoms with van der Waals surface area (Å²) in [4.78, 5) is 36.9. The highest BCUT2D eigenvalue weighted by Crippen LogP contribution is 2.09. The molecule has 1 aromatic rings. The Morgan fingerprint density at radius 2 is 1.83 bits per heavy atom. The van der Waals surface area contributed by atoms with E-state index < -0.39 is 0 Å². The summed E-state index contributed by atoms with van der Waals surface area (Å²) in [6.45, 7) is 6.24. The van der Waals surface area contributed by atoms with Crippen LogP contribution in [0.4, 0.5) is 0 Å². The third kappa shape index (κ3) is 6.48. The lowest BCUT2D eigenvalue weighted by atomic mass is 10.3. The molecule has 166 valence electrons. The number of piperazine rings is 1. The van der Waals surface area contributed by atoms with Crippen molar-refractivity contribution in [3.8, 4) is 0 Å². The Labute approximate surface area is 178 Å². The summed E-state index contributed by atoms with van der Waals surface area (Å²) in [7, 11) is 3.47. The molecular formula is C21H34N6O3. The van der Waals surface area contributed by atoms with E-state index in [2.05, 4.69) is 20.1 Å². The van der Waals surface area contributed by atoms with Crippen LogP contribution in [0.1, 0.15) is 18.6 Å². The number of carbonyl (C=O) groups excluding carboxylic acids is 2. The van der Waals surface area contributed by atoms with Crippen molar-refractivity contribution in [2.24, 2.45) is 4.99 Å². The highest BCUT2D eigenvalue weighted by atomic mass is 16.3. The van der Waals surface area contributed by atoms with Crippen molar-refractivity contribution in [1.82, 2.24) is 24.9 Å². The number of carbonyl (C=O) groups is 2. The van der Waals surface area contributed by atoms with Crippen LogP contribution in [0, 0.1) is 0 Å². The van der Waals surface area contributed by atoms with Crippen LogP contribution >= 0.6 is 0 Å². The van der Waals surface area contributed by atoms with E-state index in [-0.39, 0.29) is 18.4 Å². The zero-order valence-corrected chi connectivity index (χ0v) is 18.2. The van der Waals surface area contributed by atoms with Crippen molar-refractivity contribution in [2.75, 3.05) is 73.0 Å². The first kappa shape index (κ1) is 22.1. The summed E-state index contributed by atoms with van der Waals surface area (Å²) in [6.07, 6.45) is 4.66. The second kappa shape index (κ2) is 11.0. The third-order valence-corrected chi connectivity index (χ3v) is 5.59. The topological polar surface area (TPSA) is 84.6 Å². The van der Waals surface area contributed by atoms with Crippen LogP contribution in [0.2, 0.25) is 0 Å². The maximum atomic E-state index is 12.4. The maximum absolute atomic E-state index is 12.4. The molecule has 0 unspecified atom stereocenters. The second-order valence-corrected chi connectivity index (χ2v) is 8.04. The number of nitrogens with zero attached hydrogens (tertiary/aromatic N) is 5. The van der Waals surface area contributed by atoms with Gasteiger partial charge in [-0.2, -0.15) is 0 Å². The molecule has 1 aromatic heterocycles. The summed E-state index contributed by atoms with van der Waals surface area (Å²) >= 11 is 0. The molecule has 0 spiro atoms. The number of hydrogen-bond donors (Lipinski definition) is 1. The van der Waals surface area contributed by atoms with E-state index in [0.717, 1.165) is 70.3 Å². The number of likely N-dealkylation sites (N-methyl/N-ethyl adjacent to an activating group) is 1. The predicted octanol–water partition coefficient (Wildman–Crippen LogP) is 0.0959. The zero-order valence-electron chi connectivity index (χ0n) is 18.2. The van der Waals surface area contributed by atoms with Gasteiger partial charge in [-0.05, 0) is 25.0 Å². The van der Waals surface area contributed by atoms with Gasteiger partial charge in [-0.1, -0.05) is 0 Å². The molecule has 0 atom stereocenters. The maximum Gasteiger partial charge on any atom is 0.243 e. The molecule has 2 aliphatic rings. The minimum atomic E-state index is -0.0322. The number of guanidine groups is 1. The minimum Gasteiger partial charge on any atom is -0.469 e. The van der Waals surface area contributed by atoms with Gasteiger partial charge >= 0.3 is 0 Å². The van der Waals surface area contributed by atoms with Gasteiger partial charge in [-0.25, -0.2) is 4.99 Å². The van der Waals surface area contributed by atoms with Gasteiger partial charge in [0, 0.05) is 66.3 Å². The van der Waals surface area contributed by atoms with Gasteiger partial charge in [0.05, 0.1) is 12.8 Å². The molecule has 2 saturated heterocycles. The van der Waals surface area contributed by atoms with Crippen molar-refractivity contribution in [3.05, 3.63) is 24.2 Å². The first-order valence-corrected chi connectivity index (χ1v) is 10.8. The molecule has 0 bridgehead atoms. The van der Waals surface area contributed by atoms with Crippen molar-refractivity contribution >= 4 is 17.8 Å². The SMILES string of the molecule is CN(C)C(=O)CN=C(NCCc1ccco1)N1CCN(CC(=O)N2CCCC2)CC1. The molecule has 0 aromatic carbocycles. The number of rotatable bonds is 7. The van der Waals surface area contributed by atoms with E-state index in [4.69, 9.17) is 4.42 Å². The Bertz CT molecular complexity index is 704. The van der Waals surface area contributed by atoms with Gasteiger partial charge in [0.15, 0.2) is 5.96 Å². The molecule has 2 amide bonds. The molecule has 3 heterocycles.